The number of nitrogens with zero attached hydrogens (tertiary/aromatic N) is 2. The molecule has 1 aromatic carbocycles. The monoisotopic (exact) mass is 273 g/mol. The van der Waals surface area contributed by atoms with Crippen molar-refractivity contribution in [1.82, 2.24) is 15.5 Å². The molecule has 1 saturated heterocycles. The van der Waals surface area contributed by atoms with E-state index in [-0.39, 0.29) is 11.9 Å². The second kappa shape index (κ2) is 6.15. The summed E-state index contributed by atoms with van der Waals surface area (Å²) in [5.74, 6) is 0.911. The summed E-state index contributed by atoms with van der Waals surface area (Å²) in [7, 11) is 0. The maximum Gasteiger partial charge on any atom is 0.260 e. The van der Waals surface area contributed by atoms with Crippen LogP contribution in [0.2, 0.25) is 0 Å². The number of aliphatic hydroxyl groups excluding tert-OH is 1. The van der Waals surface area contributed by atoms with Gasteiger partial charge in [0.2, 0.25) is 0 Å². The average molecular weight is 273 g/mol. The minimum atomic E-state index is -0.858. The Hall–Kier alpha value is -1.72. The lowest BCUT2D eigenvalue weighted by atomic mass is 10.1. The first-order valence-electron chi connectivity index (χ1n) is 7.14. The van der Waals surface area contributed by atoms with E-state index in [4.69, 9.17) is 4.52 Å². The van der Waals surface area contributed by atoms with Gasteiger partial charge in [0.05, 0.1) is 6.04 Å². The van der Waals surface area contributed by atoms with Gasteiger partial charge in [-0.05, 0) is 24.9 Å². The van der Waals surface area contributed by atoms with Crippen LogP contribution in [-0.2, 0) is 0 Å². The molecule has 2 heterocycles. The molecule has 5 nitrogen and oxygen atoms in total. The molecular weight excluding hydrogens is 254 g/mol. The summed E-state index contributed by atoms with van der Waals surface area (Å²) < 4.78 is 5.22. The summed E-state index contributed by atoms with van der Waals surface area (Å²) in [6, 6.07) is 9.49. The van der Waals surface area contributed by atoms with E-state index in [2.05, 4.69) is 15.5 Å². The number of hydrogen-bond donors (Lipinski definition) is 2. The Bertz CT molecular complexity index is 533. The molecule has 20 heavy (non-hydrogen) atoms. The van der Waals surface area contributed by atoms with Crippen LogP contribution in [0.3, 0.4) is 0 Å². The molecule has 0 aliphatic carbocycles. The van der Waals surface area contributed by atoms with Gasteiger partial charge in [0, 0.05) is 0 Å². The maximum atomic E-state index is 10.2. The maximum absolute atomic E-state index is 10.2. The van der Waals surface area contributed by atoms with Gasteiger partial charge in [0.15, 0.2) is 11.9 Å². The predicted octanol–water partition coefficient (Wildman–Crippen LogP) is 2.36. The highest BCUT2D eigenvalue weighted by Gasteiger charge is 2.23. The summed E-state index contributed by atoms with van der Waals surface area (Å²) in [6.07, 6.45) is 3.75. The third-order valence-corrected chi connectivity index (χ3v) is 3.68. The van der Waals surface area contributed by atoms with Gasteiger partial charge in [0.25, 0.3) is 5.89 Å². The largest absolute Gasteiger partial charge is 0.378 e. The highest BCUT2D eigenvalue weighted by molar-refractivity contribution is 5.21. The number of rotatable bonds is 3. The number of aromatic nitrogens is 2. The van der Waals surface area contributed by atoms with Crippen LogP contribution >= 0.6 is 0 Å². The van der Waals surface area contributed by atoms with E-state index >= 15 is 0 Å². The Balaban J connectivity index is 1.76. The number of hydrogen-bond acceptors (Lipinski definition) is 5. The number of aliphatic hydroxyl groups is 1. The van der Waals surface area contributed by atoms with Gasteiger partial charge in [-0.15, -0.1) is 0 Å². The Kier molecular flexibility index (Phi) is 4.08. The van der Waals surface area contributed by atoms with E-state index in [9.17, 15) is 5.11 Å². The van der Waals surface area contributed by atoms with Crippen molar-refractivity contribution in [2.24, 2.45) is 0 Å². The van der Waals surface area contributed by atoms with Crippen LogP contribution in [0.15, 0.2) is 34.9 Å². The van der Waals surface area contributed by atoms with Crippen LogP contribution < -0.4 is 5.32 Å². The predicted molar refractivity (Wildman–Crippen MR) is 74.0 cm³/mol. The molecule has 5 heteroatoms. The molecule has 2 unspecified atom stereocenters. The fourth-order valence-electron chi connectivity index (χ4n) is 2.53. The first-order valence-corrected chi connectivity index (χ1v) is 7.14. The van der Waals surface area contributed by atoms with Gasteiger partial charge in [-0.2, -0.15) is 4.98 Å². The molecule has 0 radical (unpaired) electrons. The van der Waals surface area contributed by atoms with E-state index in [0.29, 0.717) is 5.82 Å². The third kappa shape index (κ3) is 2.89. The standard InChI is InChI=1S/C15H19N3O2/c19-13(11-7-3-1-4-8-11)15-17-14(18-20-15)12-9-5-2-6-10-16-12/h1,3-4,7-8,12-13,16,19H,2,5-6,9-10H2. The molecule has 3 rings (SSSR count). The molecule has 2 aromatic rings. The lowest BCUT2D eigenvalue weighted by Crippen LogP contribution is -2.21. The van der Waals surface area contributed by atoms with Crippen LogP contribution in [0.25, 0.3) is 0 Å². The van der Waals surface area contributed by atoms with Crippen LogP contribution in [-0.4, -0.2) is 21.8 Å². The average Bonchev–Trinajstić information content (AvgIpc) is 2.83. The molecule has 1 aromatic heterocycles. The molecule has 2 atom stereocenters. The summed E-state index contributed by atoms with van der Waals surface area (Å²) in [5, 5.41) is 17.7. The van der Waals surface area contributed by atoms with E-state index < -0.39 is 6.10 Å². The zero-order chi connectivity index (χ0) is 13.8. The van der Waals surface area contributed by atoms with Gasteiger partial charge in [0.1, 0.15) is 0 Å². The van der Waals surface area contributed by atoms with Gasteiger partial charge < -0.3 is 14.9 Å². The van der Waals surface area contributed by atoms with E-state index in [1.807, 2.05) is 30.3 Å². The summed E-state index contributed by atoms with van der Waals surface area (Å²) in [5.41, 5.74) is 0.761. The first-order chi connectivity index (χ1) is 9.84. The van der Waals surface area contributed by atoms with Crippen molar-refractivity contribution < 1.29 is 9.63 Å². The van der Waals surface area contributed by atoms with Crippen LogP contribution in [0.5, 0.6) is 0 Å². The second-order valence-electron chi connectivity index (χ2n) is 5.16. The summed E-state index contributed by atoms with van der Waals surface area (Å²) >= 11 is 0. The Morgan fingerprint density at radius 2 is 2.05 bits per heavy atom. The highest BCUT2D eigenvalue weighted by Crippen LogP contribution is 2.24. The smallest absolute Gasteiger partial charge is 0.260 e. The molecule has 2 N–H and O–H groups in total. The van der Waals surface area contributed by atoms with Crippen molar-refractivity contribution in [2.75, 3.05) is 6.54 Å². The van der Waals surface area contributed by atoms with Crippen LogP contribution in [0.1, 0.15) is 55.1 Å². The molecule has 0 bridgehead atoms. The van der Waals surface area contributed by atoms with Crippen molar-refractivity contribution in [3.05, 3.63) is 47.6 Å². The number of benzene rings is 1. The molecule has 1 aliphatic rings. The van der Waals surface area contributed by atoms with Gasteiger partial charge in [-0.1, -0.05) is 48.3 Å². The van der Waals surface area contributed by atoms with Crippen molar-refractivity contribution in [2.45, 2.75) is 37.8 Å². The fraction of sp³-hybridized carbons (Fsp3) is 0.467. The minimum Gasteiger partial charge on any atom is -0.378 e. The zero-order valence-electron chi connectivity index (χ0n) is 11.3. The quantitative estimate of drug-likeness (QED) is 0.898. The molecule has 1 aliphatic heterocycles. The van der Waals surface area contributed by atoms with E-state index in [1.165, 1.54) is 19.3 Å². The third-order valence-electron chi connectivity index (χ3n) is 3.68. The molecular formula is C15H19N3O2. The molecule has 1 fully saturated rings. The summed E-state index contributed by atoms with van der Waals surface area (Å²) in [6.45, 7) is 0.982. The molecule has 0 saturated carbocycles. The Labute approximate surface area is 118 Å². The van der Waals surface area contributed by atoms with Crippen molar-refractivity contribution in [3.63, 3.8) is 0 Å². The van der Waals surface area contributed by atoms with Crippen LogP contribution in [0.4, 0.5) is 0 Å². The van der Waals surface area contributed by atoms with Crippen molar-refractivity contribution in [1.29, 1.82) is 0 Å². The molecule has 106 valence electrons. The normalized spacial score (nSPS) is 21.4. The van der Waals surface area contributed by atoms with E-state index in [1.54, 1.807) is 0 Å². The van der Waals surface area contributed by atoms with Crippen molar-refractivity contribution in [3.8, 4) is 0 Å². The zero-order valence-corrected chi connectivity index (χ0v) is 11.3. The number of nitrogens with one attached hydrogen (secondary N) is 1. The van der Waals surface area contributed by atoms with Gasteiger partial charge >= 0.3 is 0 Å². The summed E-state index contributed by atoms with van der Waals surface area (Å²) in [4.78, 5) is 4.36. The SMILES string of the molecule is OC(c1ccccc1)c1nc(C2CCCCCN2)no1. The van der Waals surface area contributed by atoms with Gasteiger partial charge in [-0.25, -0.2) is 0 Å². The fourth-order valence-corrected chi connectivity index (χ4v) is 2.53. The van der Waals surface area contributed by atoms with Crippen LogP contribution in [0, 0.1) is 0 Å². The Morgan fingerprint density at radius 3 is 2.90 bits per heavy atom. The van der Waals surface area contributed by atoms with E-state index in [0.717, 1.165) is 18.5 Å². The molecule has 0 amide bonds. The Morgan fingerprint density at radius 1 is 1.20 bits per heavy atom. The topological polar surface area (TPSA) is 71.2 Å². The molecule has 0 spiro atoms. The highest BCUT2D eigenvalue weighted by atomic mass is 16.5. The lowest BCUT2D eigenvalue weighted by molar-refractivity contribution is 0.170. The van der Waals surface area contributed by atoms with Crippen molar-refractivity contribution >= 4 is 0 Å². The second-order valence-corrected chi connectivity index (χ2v) is 5.16. The first kappa shape index (κ1) is 13.3. The van der Waals surface area contributed by atoms with Gasteiger partial charge in [-0.3, -0.25) is 0 Å². The minimum absolute atomic E-state index is 0.137. The lowest BCUT2D eigenvalue weighted by Gasteiger charge is -2.10.